The van der Waals surface area contributed by atoms with Crippen molar-refractivity contribution in [1.82, 2.24) is 10.2 Å². The molecule has 0 fully saturated rings. The normalized spacial score (nSPS) is 14.3. The van der Waals surface area contributed by atoms with Crippen LogP contribution in [0.25, 0.3) is 0 Å². The molecule has 0 bridgehead atoms. The van der Waals surface area contributed by atoms with E-state index in [4.69, 9.17) is 11.6 Å². The Balaban J connectivity index is 1.49. The van der Waals surface area contributed by atoms with E-state index in [0.717, 1.165) is 25.2 Å². The minimum atomic E-state index is -0.223. The van der Waals surface area contributed by atoms with Gasteiger partial charge < -0.3 is 15.5 Å². The molecule has 0 aromatic heterocycles. The lowest BCUT2D eigenvalue weighted by Crippen LogP contribution is -2.41. The van der Waals surface area contributed by atoms with Gasteiger partial charge in [-0.05, 0) is 59.5 Å². The molecule has 6 heteroatoms. The molecule has 3 aromatic carbocycles. The molecule has 0 saturated carbocycles. The molecule has 2 N–H and O–H groups in total. The fraction of sp³-hybridized carbons (Fsp3) is 0.269. The van der Waals surface area contributed by atoms with Gasteiger partial charge >= 0.3 is 6.03 Å². The predicted octanol–water partition coefficient (Wildman–Crippen LogP) is 5.33. The summed E-state index contributed by atoms with van der Waals surface area (Å²) in [6.07, 6.45) is 1.01. The number of halogens is 1. The van der Waals surface area contributed by atoms with Crippen LogP contribution in [0.15, 0.2) is 72.8 Å². The number of urea groups is 1. The van der Waals surface area contributed by atoms with Crippen LogP contribution < -0.4 is 15.5 Å². The first-order valence-corrected chi connectivity index (χ1v) is 11.3. The van der Waals surface area contributed by atoms with Gasteiger partial charge in [-0.15, -0.1) is 0 Å². The van der Waals surface area contributed by atoms with Crippen molar-refractivity contribution in [2.24, 2.45) is 0 Å². The number of nitrogens with zero attached hydrogens (tertiary/aromatic N) is 2. The van der Waals surface area contributed by atoms with E-state index in [1.165, 1.54) is 16.7 Å². The summed E-state index contributed by atoms with van der Waals surface area (Å²) in [5.74, 6) is 0. The second kappa shape index (κ2) is 10.1. The average Bonchev–Trinajstić information content (AvgIpc) is 2.81. The Morgan fingerprint density at radius 1 is 1.00 bits per heavy atom. The first kappa shape index (κ1) is 22.2. The zero-order valence-electron chi connectivity index (χ0n) is 18.5. The summed E-state index contributed by atoms with van der Waals surface area (Å²) in [6.45, 7) is 2.34. The number of hydrogen-bond acceptors (Lipinski definition) is 3. The zero-order valence-corrected chi connectivity index (χ0v) is 19.3. The first-order valence-electron chi connectivity index (χ1n) is 10.9. The smallest absolute Gasteiger partial charge is 0.319 e. The van der Waals surface area contributed by atoms with Crippen molar-refractivity contribution in [3.63, 3.8) is 0 Å². The van der Waals surface area contributed by atoms with E-state index in [1.807, 2.05) is 14.1 Å². The van der Waals surface area contributed by atoms with Gasteiger partial charge in [0.25, 0.3) is 0 Å². The lowest BCUT2D eigenvalue weighted by molar-refractivity contribution is 0.175. The van der Waals surface area contributed by atoms with Crippen LogP contribution >= 0.6 is 11.6 Å². The van der Waals surface area contributed by atoms with Crippen LogP contribution in [-0.2, 0) is 13.0 Å². The highest BCUT2D eigenvalue weighted by Gasteiger charge is 2.25. The van der Waals surface area contributed by atoms with Gasteiger partial charge in [0.2, 0.25) is 0 Å². The molecule has 0 saturated heterocycles. The van der Waals surface area contributed by atoms with Crippen molar-refractivity contribution in [3.05, 3.63) is 94.5 Å². The number of carbonyl (C=O) groups is 1. The Kier molecular flexibility index (Phi) is 6.98. The second-order valence-electron chi connectivity index (χ2n) is 8.33. The van der Waals surface area contributed by atoms with Crippen LogP contribution in [0.4, 0.5) is 16.2 Å². The fourth-order valence-corrected chi connectivity index (χ4v) is 4.26. The van der Waals surface area contributed by atoms with Gasteiger partial charge in [-0.1, -0.05) is 48.0 Å². The molecule has 1 unspecified atom stereocenters. The topological polar surface area (TPSA) is 47.6 Å². The maximum atomic E-state index is 12.6. The molecule has 166 valence electrons. The summed E-state index contributed by atoms with van der Waals surface area (Å²) in [5.41, 5.74) is 5.84. The summed E-state index contributed by atoms with van der Waals surface area (Å²) in [4.78, 5) is 17.1. The number of fused-ring (bicyclic) bond motifs is 1. The van der Waals surface area contributed by atoms with Gasteiger partial charge in [-0.25, -0.2) is 4.79 Å². The van der Waals surface area contributed by atoms with E-state index in [1.54, 1.807) is 24.3 Å². The Hall–Kier alpha value is -3.02. The van der Waals surface area contributed by atoms with E-state index < -0.39 is 0 Å². The maximum absolute atomic E-state index is 12.6. The monoisotopic (exact) mass is 448 g/mol. The number of hydrogen-bond donors (Lipinski definition) is 2. The van der Waals surface area contributed by atoms with Crippen LogP contribution in [0.5, 0.6) is 0 Å². The standard InChI is InChI=1S/C26H29ClN4O/c1-30(2)24-13-7-20(8-14-24)25(31-16-15-19-5-3-4-6-21(19)18-31)17-28-26(32)29-23-11-9-22(27)10-12-23/h3-14,25H,15-18H2,1-2H3,(H2,28,29,32). The number of benzene rings is 3. The molecule has 5 nitrogen and oxygen atoms in total. The van der Waals surface area contributed by atoms with Gasteiger partial charge in [-0.3, -0.25) is 4.90 Å². The molecule has 0 aliphatic carbocycles. The van der Waals surface area contributed by atoms with Crippen molar-refractivity contribution in [1.29, 1.82) is 0 Å². The van der Waals surface area contributed by atoms with Crippen LogP contribution in [0.3, 0.4) is 0 Å². The highest BCUT2D eigenvalue weighted by atomic mass is 35.5. The Morgan fingerprint density at radius 2 is 1.69 bits per heavy atom. The van der Waals surface area contributed by atoms with E-state index in [9.17, 15) is 4.79 Å². The maximum Gasteiger partial charge on any atom is 0.319 e. The van der Waals surface area contributed by atoms with Gasteiger partial charge in [0, 0.05) is 50.1 Å². The van der Waals surface area contributed by atoms with E-state index in [-0.39, 0.29) is 12.1 Å². The Morgan fingerprint density at radius 3 is 2.38 bits per heavy atom. The number of carbonyl (C=O) groups excluding carboxylic acids is 1. The van der Waals surface area contributed by atoms with Gasteiger partial charge in [-0.2, -0.15) is 0 Å². The van der Waals surface area contributed by atoms with Crippen LogP contribution in [0.1, 0.15) is 22.7 Å². The number of anilines is 2. The second-order valence-corrected chi connectivity index (χ2v) is 8.77. The molecule has 1 aliphatic rings. The Bertz CT molecular complexity index is 1050. The summed E-state index contributed by atoms with van der Waals surface area (Å²) < 4.78 is 0. The molecule has 1 atom stereocenters. The minimum Gasteiger partial charge on any atom is -0.378 e. The third-order valence-electron chi connectivity index (χ3n) is 5.95. The minimum absolute atomic E-state index is 0.0792. The van der Waals surface area contributed by atoms with Gasteiger partial charge in [0.05, 0.1) is 6.04 Å². The van der Waals surface area contributed by atoms with Crippen molar-refractivity contribution in [3.8, 4) is 0 Å². The van der Waals surface area contributed by atoms with Crippen LogP contribution in [-0.4, -0.2) is 38.1 Å². The van der Waals surface area contributed by atoms with Gasteiger partial charge in [0.15, 0.2) is 0 Å². The molecular formula is C26H29ClN4O. The number of rotatable bonds is 6. The molecule has 32 heavy (non-hydrogen) atoms. The summed E-state index contributed by atoms with van der Waals surface area (Å²) in [7, 11) is 4.08. The van der Waals surface area contributed by atoms with E-state index in [2.05, 4.69) is 69.0 Å². The highest BCUT2D eigenvalue weighted by Crippen LogP contribution is 2.28. The van der Waals surface area contributed by atoms with Crippen LogP contribution in [0.2, 0.25) is 5.02 Å². The molecule has 4 rings (SSSR count). The lowest BCUT2D eigenvalue weighted by atomic mass is 9.96. The third-order valence-corrected chi connectivity index (χ3v) is 6.21. The molecular weight excluding hydrogens is 420 g/mol. The zero-order chi connectivity index (χ0) is 22.5. The SMILES string of the molecule is CN(C)c1ccc(C(CNC(=O)Nc2ccc(Cl)cc2)N2CCc3ccccc3C2)cc1. The highest BCUT2D eigenvalue weighted by molar-refractivity contribution is 6.30. The summed E-state index contributed by atoms with van der Waals surface area (Å²) >= 11 is 5.93. The molecule has 3 aromatic rings. The third kappa shape index (κ3) is 5.42. The van der Waals surface area contributed by atoms with Crippen LogP contribution in [0, 0.1) is 0 Å². The number of nitrogens with one attached hydrogen (secondary N) is 2. The fourth-order valence-electron chi connectivity index (χ4n) is 4.13. The largest absolute Gasteiger partial charge is 0.378 e. The van der Waals surface area contributed by atoms with Crippen molar-refractivity contribution in [2.45, 2.75) is 19.0 Å². The van der Waals surface area contributed by atoms with Crippen molar-refractivity contribution >= 4 is 29.0 Å². The first-order chi connectivity index (χ1) is 15.5. The van der Waals surface area contributed by atoms with Crippen molar-refractivity contribution < 1.29 is 4.79 Å². The molecule has 0 spiro atoms. The molecule has 0 radical (unpaired) electrons. The molecule has 2 amide bonds. The van der Waals surface area contributed by atoms with Gasteiger partial charge in [0.1, 0.15) is 0 Å². The predicted molar refractivity (Wildman–Crippen MR) is 133 cm³/mol. The molecule has 1 aliphatic heterocycles. The lowest BCUT2D eigenvalue weighted by Gasteiger charge is -2.36. The van der Waals surface area contributed by atoms with Crippen molar-refractivity contribution in [2.75, 3.05) is 37.4 Å². The average molecular weight is 449 g/mol. The Labute approximate surface area is 195 Å². The molecule has 1 heterocycles. The summed E-state index contributed by atoms with van der Waals surface area (Å²) in [5, 5.41) is 6.59. The van der Waals surface area contributed by atoms with E-state index >= 15 is 0 Å². The van der Waals surface area contributed by atoms with E-state index in [0.29, 0.717) is 17.3 Å². The quantitative estimate of drug-likeness (QED) is 0.536. The summed E-state index contributed by atoms with van der Waals surface area (Å²) in [6, 6.07) is 24.2. The number of amides is 2.